The van der Waals surface area contributed by atoms with Gasteiger partial charge in [0.1, 0.15) is 0 Å². The lowest BCUT2D eigenvalue weighted by atomic mass is 10.1. The fourth-order valence-corrected chi connectivity index (χ4v) is 4.66. The third-order valence-electron chi connectivity index (χ3n) is 5.51. The van der Waals surface area contributed by atoms with Crippen molar-refractivity contribution in [3.63, 3.8) is 0 Å². The first kappa shape index (κ1) is 19.1. The lowest BCUT2D eigenvalue weighted by Gasteiger charge is -2.35. The monoisotopic (exact) mass is 398 g/mol. The Bertz CT molecular complexity index is 830. The normalized spacial score (nSPS) is 20.8. The number of nitrogens with zero attached hydrogens (tertiary/aromatic N) is 4. The van der Waals surface area contributed by atoms with Crippen LogP contribution in [0.5, 0.6) is 0 Å². The van der Waals surface area contributed by atoms with E-state index in [4.69, 9.17) is 0 Å². The highest BCUT2D eigenvalue weighted by atomic mass is 32.1. The number of hydrogen-bond acceptors (Lipinski definition) is 5. The van der Waals surface area contributed by atoms with Crippen molar-refractivity contribution >= 4 is 28.8 Å². The van der Waals surface area contributed by atoms with Gasteiger partial charge in [0.2, 0.25) is 11.8 Å². The van der Waals surface area contributed by atoms with Crippen LogP contribution in [-0.2, 0) is 22.6 Å². The summed E-state index contributed by atoms with van der Waals surface area (Å²) in [6.07, 6.45) is 1.29. The summed E-state index contributed by atoms with van der Waals surface area (Å²) in [5.41, 5.74) is 2.00. The van der Waals surface area contributed by atoms with Gasteiger partial charge in [-0.2, -0.15) is 0 Å². The number of aromatic nitrogens is 1. The van der Waals surface area contributed by atoms with E-state index in [-0.39, 0.29) is 17.7 Å². The van der Waals surface area contributed by atoms with Crippen LogP contribution in [-0.4, -0.2) is 59.3 Å². The van der Waals surface area contributed by atoms with Crippen LogP contribution < -0.4 is 4.90 Å². The van der Waals surface area contributed by atoms with Crippen molar-refractivity contribution in [3.8, 4) is 0 Å². The van der Waals surface area contributed by atoms with Crippen LogP contribution in [0.1, 0.15) is 24.0 Å². The Labute approximate surface area is 169 Å². The fourth-order valence-electron chi connectivity index (χ4n) is 3.93. The summed E-state index contributed by atoms with van der Waals surface area (Å²) in [6, 6.07) is 9.62. The van der Waals surface area contributed by atoms with Crippen LogP contribution in [0.4, 0.5) is 5.69 Å². The van der Waals surface area contributed by atoms with E-state index in [1.807, 2.05) is 35.2 Å². The molecule has 2 amide bonds. The molecule has 7 heteroatoms. The van der Waals surface area contributed by atoms with E-state index < -0.39 is 0 Å². The minimum absolute atomic E-state index is 0.0402. The maximum atomic E-state index is 12.9. The number of anilines is 1. The fraction of sp³-hybridized carbons (Fsp3) is 0.476. The second-order valence-electron chi connectivity index (χ2n) is 7.43. The molecule has 28 heavy (non-hydrogen) atoms. The number of hydrogen-bond donors (Lipinski definition) is 0. The molecule has 0 spiro atoms. The van der Waals surface area contributed by atoms with Gasteiger partial charge in [0, 0.05) is 56.8 Å². The third-order valence-corrected chi connectivity index (χ3v) is 6.56. The van der Waals surface area contributed by atoms with E-state index in [1.165, 1.54) is 5.01 Å². The highest BCUT2D eigenvalue weighted by Crippen LogP contribution is 2.26. The summed E-state index contributed by atoms with van der Waals surface area (Å²) in [4.78, 5) is 36.0. The third kappa shape index (κ3) is 4.10. The van der Waals surface area contributed by atoms with Crippen LogP contribution >= 0.6 is 11.3 Å². The largest absolute Gasteiger partial charge is 0.340 e. The zero-order valence-electron chi connectivity index (χ0n) is 16.2. The number of piperazine rings is 1. The Hall–Kier alpha value is -2.25. The second-order valence-corrected chi connectivity index (χ2v) is 8.37. The molecule has 0 radical (unpaired) electrons. The first-order valence-corrected chi connectivity index (χ1v) is 10.8. The van der Waals surface area contributed by atoms with Gasteiger partial charge in [-0.05, 0) is 18.6 Å². The van der Waals surface area contributed by atoms with Gasteiger partial charge in [0.05, 0.1) is 16.6 Å². The number of benzene rings is 1. The molecule has 4 rings (SSSR count). The highest BCUT2D eigenvalue weighted by Gasteiger charge is 2.37. The molecule has 148 valence electrons. The van der Waals surface area contributed by atoms with Crippen LogP contribution in [0.2, 0.25) is 0 Å². The molecule has 3 heterocycles. The quantitative estimate of drug-likeness (QED) is 0.776. The van der Waals surface area contributed by atoms with Gasteiger partial charge in [-0.3, -0.25) is 14.5 Å². The van der Waals surface area contributed by atoms with Crippen molar-refractivity contribution < 1.29 is 9.59 Å². The number of thiazole rings is 1. The summed E-state index contributed by atoms with van der Waals surface area (Å²) in [6.45, 7) is 6.61. The minimum Gasteiger partial charge on any atom is -0.340 e. The Morgan fingerprint density at radius 2 is 1.93 bits per heavy atom. The molecule has 2 fully saturated rings. The average molecular weight is 399 g/mol. The van der Waals surface area contributed by atoms with Crippen LogP contribution in [0.3, 0.4) is 0 Å². The first-order valence-electron chi connectivity index (χ1n) is 9.94. The van der Waals surface area contributed by atoms with Crippen molar-refractivity contribution in [2.75, 3.05) is 37.6 Å². The maximum absolute atomic E-state index is 12.9. The number of aryl methyl sites for hydroxylation is 1. The Kier molecular flexibility index (Phi) is 5.73. The topological polar surface area (TPSA) is 56.8 Å². The number of para-hydroxylation sites is 1. The van der Waals surface area contributed by atoms with Crippen LogP contribution in [0, 0.1) is 5.92 Å². The second kappa shape index (κ2) is 8.41. The molecule has 2 saturated heterocycles. The smallest absolute Gasteiger partial charge is 0.228 e. The SMILES string of the molecule is CCc1nc(CN2CCN(C(=O)C3CC(=O)N(c4ccccc4)C3)CC2)cs1. The summed E-state index contributed by atoms with van der Waals surface area (Å²) in [5.74, 6) is -0.0725. The number of amides is 2. The molecule has 1 unspecified atom stereocenters. The van der Waals surface area contributed by atoms with E-state index in [1.54, 1.807) is 16.2 Å². The summed E-state index contributed by atoms with van der Waals surface area (Å²) >= 11 is 1.72. The number of carbonyl (C=O) groups is 2. The summed E-state index contributed by atoms with van der Waals surface area (Å²) in [5, 5.41) is 3.32. The van der Waals surface area contributed by atoms with Gasteiger partial charge in [0.15, 0.2) is 0 Å². The summed E-state index contributed by atoms with van der Waals surface area (Å²) in [7, 11) is 0. The van der Waals surface area contributed by atoms with E-state index in [9.17, 15) is 9.59 Å². The van der Waals surface area contributed by atoms with Gasteiger partial charge in [-0.25, -0.2) is 4.98 Å². The minimum atomic E-state index is -0.232. The summed E-state index contributed by atoms with van der Waals surface area (Å²) < 4.78 is 0. The van der Waals surface area contributed by atoms with Crippen LogP contribution in [0.15, 0.2) is 35.7 Å². The molecule has 0 N–H and O–H groups in total. The predicted molar refractivity (Wildman–Crippen MR) is 110 cm³/mol. The first-order chi connectivity index (χ1) is 13.6. The van der Waals surface area contributed by atoms with Crippen molar-refractivity contribution in [2.45, 2.75) is 26.3 Å². The lowest BCUT2D eigenvalue weighted by molar-refractivity contribution is -0.137. The number of rotatable bonds is 5. The van der Waals surface area contributed by atoms with Crippen molar-refractivity contribution in [3.05, 3.63) is 46.4 Å². The Morgan fingerprint density at radius 1 is 1.18 bits per heavy atom. The van der Waals surface area contributed by atoms with Crippen molar-refractivity contribution in [1.29, 1.82) is 0 Å². The maximum Gasteiger partial charge on any atom is 0.228 e. The predicted octanol–water partition coefficient (Wildman–Crippen LogP) is 2.40. The molecular weight excluding hydrogens is 372 g/mol. The average Bonchev–Trinajstić information content (AvgIpc) is 3.35. The highest BCUT2D eigenvalue weighted by molar-refractivity contribution is 7.09. The van der Waals surface area contributed by atoms with Gasteiger partial charge in [0.25, 0.3) is 0 Å². The van der Waals surface area contributed by atoms with E-state index >= 15 is 0 Å². The Morgan fingerprint density at radius 3 is 2.61 bits per heavy atom. The van der Waals surface area contributed by atoms with Crippen LogP contribution in [0.25, 0.3) is 0 Å². The van der Waals surface area contributed by atoms with Gasteiger partial charge >= 0.3 is 0 Å². The molecule has 0 bridgehead atoms. The molecule has 0 saturated carbocycles. The van der Waals surface area contributed by atoms with E-state index in [0.29, 0.717) is 13.0 Å². The molecule has 2 aliphatic rings. The molecule has 1 atom stereocenters. The molecular formula is C21H26N4O2S. The van der Waals surface area contributed by atoms with Crippen molar-refractivity contribution in [1.82, 2.24) is 14.8 Å². The van der Waals surface area contributed by atoms with Gasteiger partial charge < -0.3 is 9.80 Å². The molecule has 2 aliphatic heterocycles. The van der Waals surface area contributed by atoms with E-state index in [2.05, 4.69) is 22.2 Å². The molecule has 0 aliphatic carbocycles. The molecule has 1 aromatic carbocycles. The van der Waals surface area contributed by atoms with E-state index in [0.717, 1.165) is 50.5 Å². The van der Waals surface area contributed by atoms with Gasteiger partial charge in [-0.15, -0.1) is 11.3 Å². The zero-order valence-corrected chi connectivity index (χ0v) is 17.0. The molecule has 2 aromatic rings. The molecule has 6 nitrogen and oxygen atoms in total. The zero-order chi connectivity index (χ0) is 19.5. The lowest BCUT2D eigenvalue weighted by Crippen LogP contribution is -2.50. The van der Waals surface area contributed by atoms with Crippen molar-refractivity contribution in [2.24, 2.45) is 5.92 Å². The standard InChI is InChI=1S/C21H26N4O2S/c1-2-19-22-17(15-28-19)14-23-8-10-24(11-9-23)21(27)16-12-20(26)25(13-16)18-6-4-3-5-7-18/h3-7,15-16H,2,8-14H2,1H3. The van der Waals surface area contributed by atoms with Gasteiger partial charge in [-0.1, -0.05) is 25.1 Å². The molecule has 1 aromatic heterocycles. The Balaban J connectivity index is 1.30. The number of carbonyl (C=O) groups excluding carboxylic acids is 2.